The van der Waals surface area contributed by atoms with Crippen LogP contribution in [0.15, 0.2) is 60.7 Å². The van der Waals surface area contributed by atoms with Gasteiger partial charge in [0.25, 0.3) is 0 Å². The Kier molecular flexibility index (Phi) is 4.16. The Morgan fingerprint density at radius 3 is 2.16 bits per heavy atom. The smallest absolute Gasteiger partial charge is 0.375 e. The van der Waals surface area contributed by atoms with Gasteiger partial charge >= 0.3 is 15.6 Å². The first kappa shape index (κ1) is 17.2. The van der Waals surface area contributed by atoms with Gasteiger partial charge in [-0.25, -0.2) is 4.39 Å². The molecule has 0 heterocycles. The van der Waals surface area contributed by atoms with E-state index in [1.54, 1.807) is 24.3 Å². The van der Waals surface area contributed by atoms with Gasteiger partial charge < -0.3 is 4.18 Å². The lowest BCUT2D eigenvalue weighted by Crippen LogP contribution is -2.28. The van der Waals surface area contributed by atoms with Crippen LogP contribution in [0.3, 0.4) is 0 Å². The Morgan fingerprint density at radius 1 is 0.840 bits per heavy atom. The summed E-state index contributed by atoms with van der Waals surface area (Å²) in [5.74, 6) is -1.31. The predicted octanol–water partition coefficient (Wildman–Crippen LogP) is 4.87. The maximum absolute atomic E-state index is 14.2. The minimum Gasteiger partial charge on any atom is -0.375 e. The molecule has 8 heteroatoms. The van der Waals surface area contributed by atoms with E-state index in [0.29, 0.717) is 10.8 Å². The summed E-state index contributed by atoms with van der Waals surface area (Å²) < 4.78 is 79.3. The lowest BCUT2D eigenvalue weighted by molar-refractivity contribution is -0.0499. The number of benzene rings is 3. The quantitative estimate of drug-likeness (QED) is 0.375. The average molecular weight is 370 g/mol. The van der Waals surface area contributed by atoms with Crippen LogP contribution in [-0.2, 0) is 10.1 Å². The largest absolute Gasteiger partial charge is 0.534 e. The minimum atomic E-state index is -5.89. The molecular weight excluding hydrogens is 360 g/mol. The molecule has 25 heavy (non-hydrogen) atoms. The molecular formula is C17H10F4O3S. The number of hydrogen-bond donors (Lipinski definition) is 0. The molecule has 0 aliphatic rings. The Bertz CT molecular complexity index is 1040. The van der Waals surface area contributed by atoms with Gasteiger partial charge in [0.15, 0.2) is 5.75 Å². The zero-order valence-electron chi connectivity index (χ0n) is 12.4. The van der Waals surface area contributed by atoms with Gasteiger partial charge in [0.05, 0.1) is 0 Å². The molecule has 0 unspecified atom stereocenters. The lowest BCUT2D eigenvalue weighted by atomic mass is 9.97. The van der Waals surface area contributed by atoms with Gasteiger partial charge in [-0.05, 0) is 22.9 Å². The third-order valence-electron chi connectivity index (χ3n) is 3.52. The van der Waals surface area contributed by atoms with Gasteiger partial charge in [-0.15, -0.1) is 0 Å². The van der Waals surface area contributed by atoms with Crippen molar-refractivity contribution in [2.75, 3.05) is 0 Å². The van der Waals surface area contributed by atoms with E-state index in [9.17, 15) is 26.0 Å². The fourth-order valence-electron chi connectivity index (χ4n) is 2.43. The van der Waals surface area contributed by atoms with Gasteiger partial charge in [0.2, 0.25) is 0 Å². The number of halogens is 4. The summed E-state index contributed by atoms with van der Waals surface area (Å²) in [6.07, 6.45) is 0. The molecule has 3 rings (SSSR count). The molecule has 0 aromatic heterocycles. The molecule has 3 aromatic carbocycles. The highest BCUT2D eigenvalue weighted by molar-refractivity contribution is 7.88. The van der Waals surface area contributed by atoms with Crippen molar-refractivity contribution >= 4 is 20.9 Å². The number of fused-ring (bicyclic) bond motifs is 1. The SMILES string of the molecule is O=S(=O)(Oc1ccc2ccccc2c1-c1ccccc1F)C(F)(F)F. The summed E-state index contributed by atoms with van der Waals surface area (Å²) >= 11 is 0. The fourth-order valence-corrected chi connectivity index (χ4v) is 2.90. The zero-order valence-corrected chi connectivity index (χ0v) is 13.2. The van der Waals surface area contributed by atoms with Crippen LogP contribution in [-0.4, -0.2) is 13.9 Å². The minimum absolute atomic E-state index is 0.0633. The van der Waals surface area contributed by atoms with Gasteiger partial charge in [-0.2, -0.15) is 21.6 Å². The van der Waals surface area contributed by atoms with Crippen molar-refractivity contribution in [2.24, 2.45) is 0 Å². The Hall–Kier alpha value is -2.61. The Balaban J connectivity index is 2.30. The van der Waals surface area contributed by atoms with Crippen molar-refractivity contribution in [3.63, 3.8) is 0 Å². The van der Waals surface area contributed by atoms with Crippen LogP contribution < -0.4 is 4.18 Å². The number of alkyl halides is 3. The Morgan fingerprint density at radius 2 is 1.48 bits per heavy atom. The first-order valence-corrected chi connectivity index (χ1v) is 8.39. The third kappa shape index (κ3) is 3.17. The standard InChI is InChI=1S/C17H10F4O3S/c18-14-8-4-3-7-13(14)16-12-6-2-1-5-11(12)9-10-15(16)24-25(22,23)17(19,20)21/h1-10H. The fraction of sp³-hybridized carbons (Fsp3) is 0.0588. The van der Waals surface area contributed by atoms with E-state index in [1.807, 2.05) is 0 Å². The second-order valence-electron chi connectivity index (χ2n) is 5.12. The van der Waals surface area contributed by atoms with E-state index < -0.39 is 27.2 Å². The van der Waals surface area contributed by atoms with E-state index in [-0.39, 0.29) is 11.1 Å². The maximum Gasteiger partial charge on any atom is 0.534 e. The maximum atomic E-state index is 14.2. The molecule has 0 saturated carbocycles. The van der Waals surface area contributed by atoms with Gasteiger partial charge in [0, 0.05) is 11.1 Å². The van der Waals surface area contributed by atoms with E-state index >= 15 is 0 Å². The molecule has 0 saturated heterocycles. The summed E-state index contributed by atoms with van der Waals surface area (Å²) in [6, 6.07) is 14.4. The second-order valence-corrected chi connectivity index (χ2v) is 6.66. The van der Waals surface area contributed by atoms with Crippen molar-refractivity contribution in [3.8, 4) is 16.9 Å². The lowest BCUT2D eigenvalue weighted by Gasteiger charge is -2.15. The molecule has 0 bridgehead atoms. The molecule has 0 aliphatic heterocycles. The first-order valence-electron chi connectivity index (χ1n) is 6.98. The monoisotopic (exact) mass is 370 g/mol. The highest BCUT2D eigenvalue weighted by Gasteiger charge is 2.48. The van der Waals surface area contributed by atoms with E-state index in [4.69, 9.17) is 0 Å². The van der Waals surface area contributed by atoms with Crippen LogP contribution in [0.1, 0.15) is 0 Å². The van der Waals surface area contributed by atoms with E-state index in [0.717, 1.165) is 12.1 Å². The van der Waals surface area contributed by atoms with Gasteiger partial charge in [-0.3, -0.25) is 0 Å². The van der Waals surface area contributed by atoms with Crippen molar-refractivity contribution < 1.29 is 30.2 Å². The molecule has 0 radical (unpaired) electrons. The van der Waals surface area contributed by atoms with Crippen LogP contribution in [0.5, 0.6) is 5.75 Å². The van der Waals surface area contributed by atoms with Crippen molar-refractivity contribution in [2.45, 2.75) is 5.51 Å². The highest BCUT2D eigenvalue weighted by Crippen LogP contribution is 2.40. The van der Waals surface area contributed by atoms with Crippen molar-refractivity contribution in [3.05, 3.63) is 66.5 Å². The molecule has 0 amide bonds. The van der Waals surface area contributed by atoms with Gasteiger partial charge in [-0.1, -0.05) is 48.5 Å². The Labute approximate surface area is 140 Å². The molecule has 3 aromatic rings. The molecule has 0 fully saturated rings. The van der Waals surface area contributed by atoms with Gasteiger partial charge in [0.1, 0.15) is 5.82 Å². The normalized spacial score (nSPS) is 12.3. The van der Waals surface area contributed by atoms with Crippen LogP contribution in [0.2, 0.25) is 0 Å². The highest BCUT2D eigenvalue weighted by atomic mass is 32.2. The van der Waals surface area contributed by atoms with Crippen LogP contribution in [0.25, 0.3) is 21.9 Å². The van der Waals surface area contributed by atoms with Crippen LogP contribution in [0.4, 0.5) is 17.6 Å². The predicted molar refractivity (Wildman–Crippen MR) is 84.9 cm³/mol. The molecule has 0 N–H and O–H groups in total. The topological polar surface area (TPSA) is 43.4 Å². The second kappa shape index (κ2) is 6.03. The van der Waals surface area contributed by atoms with Crippen LogP contribution >= 0.6 is 0 Å². The van der Waals surface area contributed by atoms with Crippen LogP contribution in [0, 0.1) is 5.82 Å². The summed E-state index contributed by atoms with van der Waals surface area (Å²) in [6.45, 7) is 0. The third-order valence-corrected chi connectivity index (χ3v) is 4.48. The first-order chi connectivity index (χ1) is 11.7. The summed E-state index contributed by atoms with van der Waals surface area (Å²) in [5, 5.41) is 0.958. The van der Waals surface area contributed by atoms with Crippen molar-refractivity contribution in [1.29, 1.82) is 0 Å². The average Bonchev–Trinajstić information content (AvgIpc) is 2.54. The molecule has 3 nitrogen and oxygen atoms in total. The summed E-state index contributed by atoms with van der Waals surface area (Å²) in [5.41, 5.74) is -5.72. The van der Waals surface area contributed by atoms with E-state index in [1.165, 1.54) is 24.3 Å². The molecule has 0 spiro atoms. The number of hydrogen-bond acceptors (Lipinski definition) is 3. The molecule has 0 atom stereocenters. The van der Waals surface area contributed by atoms with Crippen molar-refractivity contribution in [1.82, 2.24) is 0 Å². The number of rotatable bonds is 3. The zero-order chi connectivity index (χ0) is 18.2. The van der Waals surface area contributed by atoms with E-state index in [2.05, 4.69) is 4.18 Å². The summed E-state index contributed by atoms with van der Waals surface area (Å²) in [7, 11) is -5.89. The molecule has 130 valence electrons. The summed E-state index contributed by atoms with van der Waals surface area (Å²) in [4.78, 5) is 0. The molecule has 0 aliphatic carbocycles.